The lowest BCUT2D eigenvalue weighted by atomic mass is 10.1. The molecule has 3 rings (SSSR count). The number of aromatic nitrogens is 1. The van der Waals surface area contributed by atoms with Crippen molar-refractivity contribution in [1.29, 1.82) is 0 Å². The summed E-state index contributed by atoms with van der Waals surface area (Å²) in [5.41, 5.74) is 3.24. The van der Waals surface area contributed by atoms with Crippen LogP contribution < -0.4 is 10.9 Å². The van der Waals surface area contributed by atoms with Gasteiger partial charge in [0.15, 0.2) is 0 Å². The van der Waals surface area contributed by atoms with E-state index in [1.54, 1.807) is 11.0 Å². The van der Waals surface area contributed by atoms with Crippen LogP contribution in [0.15, 0.2) is 59.4 Å². The van der Waals surface area contributed by atoms with Gasteiger partial charge in [0.25, 0.3) is 0 Å². The van der Waals surface area contributed by atoms with E-state index >= 15 is 0 Å². The van der Waals surface area contributed by atoms with Crippen LogP contribution in [0.25, 0.3) is 10.9 Å². The Labute approximate surface area is 152 Å². The van der Waals surface area contributed by atoms with Gasteiger partial charge < -0.3 is 15.2 Å². The van der Waals surface area contributed by atoms with Gasteiger partial charge in [-0.2, -0.15) is 0 Å². The maximum absolute atomic E-state index is 12.9. The first-order valence-electron chi connectivity index (χ1n) is 8.70. The number of nitrogens with one attached hydrogen (secondary N) is 2. The van der Waals surface area contributed by atoms with Crippen LogP contribution in [0.1, 0.15) is 25.0 Å². The molecular formula is C21H23N3O2. The molecule has 0 atom stereocenters. The molecule has 0 saturated heterocycles. The van der Waals surface area contributed by atoms with E-state index < -0.39 is 0 Å². The number of rotatable bonds is 4. The molecule has 0 saturated carbocycles. The third kappa shape index (κ3) is 3.77. The molecule has 134 valence electrons. The van der Waals surface area contributed by atoms with E-state index in [0.717, 1.165) is 27.7 Å². The molecule has 26 heavy (non-hydrogen) atoms. The number of benzene rings is 2. The predicted molar refractivity (Wildman–Crippen MR) is 105 cm³/mol. The number of pyridine rings is 1. The van der Waals surface area contributed by atoms with E-state index in [9.17, 15) is 9.59 Å². The van der Waals surface area contributed by atoms with Crippen molar-refractivity contribution in [3.63, 3.8) is 0 Å². The smallest absolute Gasteiger partial charge is 0.322 e. The van der Waals surface area contributed by atoms with Crippen molar-refractivity contribution >= 4 is 22.6 Å². The third-order valence-corrected chi connectivity index (χ3v) is 4.45. The summed E-state index contributed by atoms with van der Waals surface area (Å²) in [6.45, 7) is 6.25. The Morgan fingerprint density at radius 3 is 2.54 bits per heavy atom. The summed E-state index contributed by atoms with van der Waals surface area (Å²) in [5.74, 6) is 0. The van der Waals surface area contributed by atoms with E-state index in [-0.39, 0.29) is 17.6 Å². The Morgan fingerprint density at radius 1 is 1.12 bits per heavy atom. The average molecular weight is 349 g/mol. The second-order valence-corrected chi connectivity index (χ2v) is 6.67. The zero-order valence-electron chi connectivity index (χ0n) is 15.2. The van der Waals surface area contributed by atoms with Crippen molar-refractivity contribution in [2.24, 2.45) is 0 Å². The number of aryl methyl sites for hydroxylation is 1. The molecule has 2 amide bonds. The Hall–Kier alpha value is -3.08. The number of urea groups is 1. The SMILES string of the molecule is Cc1ccccc1NC(=O)N(Cc1cc(=O)[nH]c2ccccc12)C(C)C. The van der Waals surface area contributed by atoms with Crippen molar-refractivity contribution in [2.45, 2.75) is 33.4 Å². The number of carbonyl (C=O) groups excluding carboxylic acids is 1. The number of anilines is 1. The molecule has 2 aromatic carbocycles. The first-order chi connectivity index (χ1) is 12.5. The molecule has 0 fully saturated rings. The number of fused-ring (bicyclic) bond motifs is 1. The molecule has 0 unspecified atom stereocenters. The molecule has 2 N–H and O–H groups in total. The van der Waals surface area contributed by atoms with Crippen molar-refractivity contribution in [3.05, 3.63) is 76.1 Å². The Bertz CT molecular complexity index is 992. The highest BCUT2D eigenvalue weighted by atomic mass is 16.2. The molecule has 0 aliphatic carbocycles. The summed E-state index contributed by atoms with van der Waals surface area (Å²) in [4.78, 5) is 29.4. The molecular weight excluding hydrogens is 326 g/mol. The number of hydrogen-bond donors (Lipinski definition) is 2. The predicted octanol–water partition coefficient (Wildman–Crippen LogP) is 4.28. The molecule has 0 radical (unpaired) electrons. The molecule has 1 heterocycles. The van der Waals surface area contributed by atoms with E-state index in [4.69, 9.17) is 0 Å². The van der Waals surface area contributed by atoms with Crippen LogP contribution in [0.5, 0.6) is 0 Å². The standard InChI is InChI=1S/C21H23N3O2/c1-14(2)24(21(26)23-18-10-6-4-8-15(18)3)13-16-12-20(25)22-19-11-7-5-9-17(16)19/h4-12,14H,13H2,1-3H3,(H,22,25)(H,23,26). The van der Waals surface area contributed by atoms with Crippen molar-refractivity contribution in [2.75, 3.05) is 5.32 Å². The maximum atomic E-state index is 12.9. The summed E-state index contributed by atoms with van der Waals surface area (Å²) < 4.78 is 0. The van der Waals surface area contributed by atoms with Crippen molar-refractivity contribution in [1.82, 2.24) is 9.88 Å². The number of hydrogen-bond acceptors (Lipinski definition) is 2. The lowest BCUT2D eigenvalue weighted by Gasteiger charge is -2.28. The van der Waals surface area contributed by atoms with Crippen LogP contribution in [0.3, 0.4) is 0 Å². The summed E-state index contributed by atoms with van der Waals surface area (Å²) in [7, 11) is 0. The fourth-order valence-electron chi connectivity index (χ4n) is 2.98. The fraction of sp³-hybridized carbons (Fsp3) is 0.238. The topological polar surface area (TPSA) is 65.2 Å². The molecule has 5 nitrogen and oxygen atoms in total. The van der Waals surface area contributed by atoms with Crippen molar-refractivity contribution < 1.29 is 4.79 Å². The summed E-state index contributed by atoms with van der Waals surface area (Å²) in [6, 6.07) is 16.7. The largest absolute Gasteiger partial charge is 0.322 e. The lowest BCUT2D eigenvalue weighted by Crippen LogP contribution is -2.39. The van der Waals surface area contributed by atoms with Gasteiger partial charge in [0.2, 0.25) is 5.56 Å². The number of carbonyl (C=O) groups is 1. The molecule has 0 aliphatic rings. The minimum absolute atomic E-state index is 0.0166. The molecule has 0 aliphatic heterocycles. The second kappa shape index (κ2) is 7.44. The molecule has 0 spiro atoms. The van der Waals surface area contributed by atoms with Crippen LogP contribution in [0.4, 0.5) is 10.5 Å². The van der Waals surface area contributed by atoms with E-state index in [1.165, 1.54) is 0 Å². The van der Waals surface area contributed by atoms with Gasteiger partial charge in [-0.25, -0.2) is 4.79 Å². The third-order valence-electron chi connectivity index (χ3n) is 4.45. The second-order valence-electron chi connectivity index (χ2n) is 6.67. The molecule has 5 heteroatoms. The van der Waals surface area contributed by atoms with Crippen LogP contribution >= 0.6 is 0 Å². The first kappa shape index (κ1) is 17.7. The highest BCUT2D eigenvalue weighted by molar-refractivity contribution is 5.91. The molecule has 1 aromatic heterocycles. The van der Waals surface area contributed by atoms with Gasteiger partial charge in [0, 0.05) is 35.2 Å². The van der Waals surface area contributed by atoms with Gasteiger partial charge in [-0.3, -0.25) is 4.79 Å². The van der Waals surface area contributed by atoms with Crippen LogP contribution in [0.2, 0.25) is 0 Å². The van der Waals surface area contributed by atoms with Gasteiger partial charge >= 0.3 is 6.03 Å². The summed E-state index contributed by atoms with van der Waals surface area (Å²) in [5, 5.41) is 3.92. The highest BCUT2D eigenvalue weighted by Crippen LogP contribution is 2.19. The quantitative estimate of drug-likeness (QED) is 0.738. The van der Waals surface area contributed by atoms with Crippen LogP contribution in [-0.4, -0.2) is 22.0 Å². The zero-order chi connectivity index (χ0) is 18.7. The maximum Gasteiger partial charge on any atom is 0.322 e. The zero-order valence-corrected chi connectivity index (χ0v) is 15.2. The summed E-state index contributed by atoms with van der Waals surface area (Å²) >= 11 is 0. The van der Waals surface area contributed by atoms with Crippen LogP contribution in [0, 0.1) is 6.92 Å². The summed E-state index contributed by atoms with van der Waals surface area (Å²) in [6.07, 6.45) is 0. The minimum Gasteiger partial charge on any atom is -0.322 e. The monoisotopic (exact) mass is 349 g/mol. The average Bonchev–Trinajstić information content (AvgIpc) is 2.61. The first-order valence-corrected chi connectivity index (χ1v) is 8.70. The molecule has 3 aromatic rings. The van der Waals surface area contributed by atoms with Gasteiger partial charge in [0.1, 0.15) is 0 Å². The lowest BCUT2D eigenvalue weighted by molar-refractivity contribution is 0.194. The number of nitrogens with zero attached hydrogens (tertiary/aromatic N) is 1. The Kier molecular flexibility index (Phi) is 5.07. The van der Waals surface area contributed by atoms with Gasteiger partial charge in [-0.05, 0) is 44.0 Å². The Morgan fingerprint density at radius 2 is 1.81 bits per heavy atom. The number of para-hydroxylation sites is 2. The Balaban J connectivity index is 1.91. The van der Waals surface area contributed by atoms with E-state index in [0.29, 0.717) is 6.54 Å². The fourth-order valence-corrected chi connectivity index (χ4v) is 2.98. The highest BCUT2D eigenvalue weighted by Gasteiger charge is 2.19. The van der Waals surface area contributed by atoms with Crippen molar-refractivity contribution in [3.8, 4) is 0 Å². The molecule has 0 bridgehead atoms. The van der Waals surface area contributed by atoms with E-state index in [2.05, 4.69) is 10.3 Å². The van der Waals surface area contributed by atoms with Gasteiger partial charge in [0.05, 0.1) is 0 Å². The normalized spacial score (nSPS) is 10.9. The minimum atomic E-state index is -0.182. The van der Waals surface area contributed by atoms with Gasteiger partial charge in [-0.1, -0.05) is 36.4 Å². The van der Waals surface area contributed by atoms with Gasteiger partial charge in [-0.15, -0.1) is 0 Å². The van der Waals surface area contributed by atoms with Crippen LogP contribution in [-0.2, 0) is 6.54 Å². The number of H-pyrrole nitrogens is 1. The number of aromatic amines is 1. The number of amides is 2. The van der Waals surface area contributed by atoms with E-state index in [1.807, 2.05) is 69.3 Å².